The van der Waals surface area contributed by atoms with E-state index in [0.29, 0.717) is 5.69 Å². The zero-order valence-corrected chi connectivity index (χ0v) is 10.7. The van der Waals surface area contributed by atoms with Crippen LogP contribution in [0, 0.1) is 21.6 Å². The molecule has 18 heavy (non-hydrogen) atoms. The zero-order valence-electron chi connectivity index (χ0n) is 9.91. The highest BCUT2D eigenvalue weighted by Gasteiger charge is 2.18. The quantitative estimate of drug-likeness (QED) is 0.462. The maximum Gasteiger partial charge on any atom is 0.332 e. The van der Waals surface area contributed by atoms with Crippen LogP contribution in [0.1, 0.15) is 19.0 Å². The van der Waals surface area contributed by atoms with E-state index in [0.717, 1.165) is 11.3 Å². The van der Waals surface area contributed by atoms with Crippen LogP contribution in [0.2, 0.25) is 0 Å². The van der Waals surface area contributed by atoms with Gasteiger partial charge in [-0.3, -0.25) is 10.1 Å². The van der Waals surface area contributed by atoms with Crippen molar-refractivity contribution in [2.45, 2.75) is 13.3 Å². The Morgan fingerprint density at radius 1 is 1.72 bits per heavy atom. The molecular weight excluding hydrogens is 254 g/mol. The first kappa shape index (κ1) is 14.0. The number of pyridine rings is 1. The van der Waals surface area contributed by atoms with Crippen LogP contribution >= 0.6 is 11.8 Å². The maximum absolute atomic E-state index is 10.7. The fourth-order valence-electron chi connectivity index (χ4n) is 1.31. The second-order valence-corrected chi connectivity index (χ2v) is 4.00. The molecule has 0 aliphatic rings. The van der Waals surface area contributed by atoms with Crippen LogP contribution in [-0.2, 0) is 0 Å². The Labute approximate surface area is 108 Å². The van der Waals surface area contributed by atoms with Gasteiger partial charge in [-0.15, -0.1) is 17.0 Å². The van der Waals surface area contributed by atoms with Gasteiger partial charge in [0.05, 0.1) is 10.6 Å². The van der Waals surface area contributed by atoms with Crippen molar-refractivity contribution in [2.75, 3.05) is 6.26 Å². The lowest BCUT2D eigenvalue weighted by Crippen LogP contribution is -1.98. The van der Waals surface area contributed by atoms with Gasteiger partial charge in [0.1, 0.15) is 0 Å². The zero-order chi connectivity index (χ0) is 13.5. The molecule has 7 heteroatoms. The van der Waals surface area contributed by atoms with E-state index in [-0.39, 0.29) is 11.6 Å². The molecule has 0 saturated heterocycles. The molecule has 0 amide bonds. The van der Waals surface area contributed by atoms with E-state index in [9.17, 15) is 10.1 Å². The minimum Gasteiger partial charge on any atom is -0.360 e. The molecule has 0 unspecified atom stereocenters. The monoisotopic (exact) mass is 265 g/mol. The molecule has 1 aromatic rings. The van der Waals surface area contributed by atoms with Crippen molar-refractivity contribution in [3.8, 4) is 12.1 Å². The first-order chi connectivity index (χ1) is 8.63. The van der Waals surface area contributed by atoms with E-state index in [1.54, 1.807) is 6.07 Å². The lowest BCUT2D eigenvalue weighted by Gasteiger charge is -2.05. The van der Waals surface area contributed by atoms with Crippen LogP contribution in [0.5, 0.6) is 5.88 Å². The number of nitriles is 1. The Bertz CT molecular complexity index is 523. The van der Waals surface area contributed by atoms with E-state index >= 15 is 0 Å². The number of hydrogen-bond acceptors (Lipinski definition) is 6. The molecule has 0 saturated carbocycles. The fourth-order valence-corrected chi connectivity index (χ4v) is 1.96. The lowest BCUT2D eigenvalue weighted by atomic mass is 10.3. The molecule has 1 heterocycles. The molecule has 0 bridgehead atoms. The fraction of sp³-hybridized carbons (Fsp3) is 0.273. The summed E-state index contributed by atoms with van der Waals surface area (Å²) in [5.41, 5.74) is 0.234. The van der Waals surface area contributed by atoms with Crippen LogP contribution in [-0.4, -0.2) is 16.2 Å². The second kappa shape index (κ2) is 6.61. The summed E-state index contributed by atoms with van der Waals surface area (Å²) in [6.45, 7) is 1.98. The molecule has 1 rings (SSSR count). The van der Waals surface area contributed by atoms with Gasteiger partial charge >= 0.3 is 11.6 Å². The summed E-state index contributed by atoms with van der Waals surface area (Å²) < 4.78 is 4.53. The van der Waals surface area contributed by atoms with Gasteiger partial charge in [-0.25, -0.2) is 4.98 Å². The Hall–Kier alpha value is -2.07. The SMILES string of the molecule is CC/C=C(\SC)c1ccc([N+](=O)[O-])c(OC#N)n1. The van der Waals surface area contributed by atoms with Crippen LogP contribution in [0.15, 0.2) is 18.2 Å². The Morgan fingerprint density at radius 2 is 2.44 bits per heavy atom. The van der Waals surface area contributed by atoms with Crippen LogP contribution in [0.3, 0.4) is 0 Å². The first-order valence-electron chi connectivity index (χ1n) is 5.09. The van der Waals surface area contributed by atoms with Gasteiger partial charge in [0, 0.05) is 11.0 Å². The normalized spacial score (nSPS) is 10.8. The minimum atomic E-state index is -0.633. The number of allylic oxidation sites excluding steroid dienone is 1. The number of thioether (sulfide) groups is 1. The van der Waals surface area contributed by atoms with E-state index in [1.807, 2.05) is 19.3 Å². The molecule has 94 valence electrons. The molecule has 0 spiro atoms. The molecule has 0 radical (unpaired) electrons. The van der Waals surface area contributed by atoms with E-state index < -0.39 is 4.92 Å². The van der Waals surface area contributed by atoms with Crippen molar-refractivity contribution in [1.29, 1.82) is 5.26 Å². The third-order valence-corrected chi connectivity index (χ3v) is 2.86. The number of ether oxygens (including phenoxy) is 1. The summed E-state index contributed by atoms with van der Waals surface area (Å²) in [5, 5.41) is 19.2. The van der Waals surface area contributed by atoms with E-state index in [1.165, 1.54) is 24.1 Å². The van der Waals surface area contributed by atoms with Gasteiger partial charge in [0.25, 0.3) is 6.26 Å². The van der Waals surface area contributed by atoms with Gasteiger partial charge < -0.3 is 4.74 Å². The molecule has 0 N–H and O–H groups in total. The predicted molar refractivity (Wildman–Crippen MR) is 68.9 cm³/mol. The average Bonchev–Trinajstić information content (AvgIpc) is 2.36. The highest BCUT2D eigenvalue weighted by molar-refractivity contribution is 8.07. The average molecular weight is 265 g/mol. The summed E-state index contributed by atoms with van der Waals surface area (Å²) >= 11 is 1.48. The predicted octanol–water partition coefficient (Wildman–Crippen LogP) is 2.96. The molecule has 0 atom stereocenters. The van der Waals surface area contributed by atoms with Crippen molar-refractivity contribution in [3.63, 3.8) is 0 Å². The highest BCUT2D eigenvalue weighted by atomic mass is 32.2. The first-order valence-corrected chi connectivity index (χ1v) is 6.32. The Kier molecular flexibility index (Phi) is 5.14. The van der Waals surface area contributed by atoms with Gasteiger partial charge in [0.15, 0.2) is 0 Å². The maximum atomic E-state index is 10.7. The number of rotatable bonds is 5. The second-order valence-electron chi connectivity index (χ2n) is 3.15. The van der Waals surface area contributed by atoms with Crippen LogP contribution in [0.25, 0.3) is 4.91 Å². The van der Waals surface area contributed by atoms with Crippen molar-refractivity contribution in [1.82, 2.24) is 4.98 Å². The summed E-state index contributed by atoms with van der Waals surface area (Å²) in [6.07, 6.45) is 6.06. The van der Waals surface area contributed by atoms with Crippen LogP contribution < -0.4 is 4.74 Å². The smallest absolute Gasteiger partial charge is 0.332 e. The molecule has 6 nitrogen and oxygen atoms in total. The molecule has 1 aromatic heterocycles. The standard InChI is InChI=1S/C11H11N3O3S/c1-3-4-10(18-2)8-5-6-9(14(15)16)11(13-8)17-7-12/h4-6H,3H2,1-2H3/b10-4-. The van der Waals surface area contributed by atoms with Gasteiger partial charge in [-0.1, -0.05) is 13.0 Å². The third-order valence-electron chi connectivity index (χ3n) is 2.04. The van der Waals surface area contributed by atoms with E-state index in [2.05, 4.69) is 9.72 Å². The molecule has 0 fully saturated rings. The Morgan fingerprint density at radius 3 is 2.94 bits per heavy atom. The van der Waals surface area contributed by atoms with Gasteiger partial charge in [-0.05, 0) is 18.7 Å². The van der Waals surface area contributed by atoms with Crippen molar-refractivity contribution in [3.05, 3.63) is 34.0 Å². The minimum absolute atomic E-state index is 0.281. The summed E-state index contributed by atoms with van der Waals surface area (Å²) in [6, 6.07) is 2.83. The molecule has 0 aliphatic carbocycles. The third kappa shape index (κ3) is 3.21. The number of nitrogens with zero attached hydrogens (tertiary/aromatic N) is 3. The highest BCUT2D eigenvalue weighted by Crippen LogP contribution is 2.30. The molecule has 0 aliphatic heterocycles. The summed E-state index contributed by atoms with van der Waals surface area (Å²) in [4.78, 5) is 15.0. The number of aromatic nitrogens is 1. The van der Waals surface area contributed by atoms with Crippen molar-refractivity contribution < 1.29 is 9.66 Å². The van der Waals surface area contributed by atoms with Gasteiger partial charge in [0.2, 0.25) is 0 Å². The van der Waals surface area contributed by atoms with E-state index in [4.69, 9.17) is 5.26 Å². The topological polar surface area (TPSA) is 89.0 Å². The largest absolute Gasteiger partial charge is 0.360 e. The summed E-state index contributed by atoms with van der Waals surface area (Å²) in [5.74, 6) is -0.281. The molecular formula is C11H11N3O3S. The molecule has 0 aromatic carbocycles. The van der Waals surface area contributed by atoms with Crippen molar-refractivity contribution in [2.24, 2.45) is 0 Å². The number of hydrogen-bond donors (Lipinski definition) is 0. The number of nitro groups is 1. The van der Waals surface area contributed by atoms with Crippen molar-refractivity contribution >= 4 is 22.4 Å². The van der Waals surface area contributed by atoms with Crippen LogP contribution in [0.4, 0.5) is 5.69 Å². The summed E-state index contributed by atoms with van der Waals surface area (Å²) in [7, 11) is 0. The van der Waals surface area contributed by atoms with Gasteiger partial charge in [-0.2, -0.15) is 0 Å². The Balaban J connectivity index is 3.26. The lowest BCUT2D eigenvalue weighted by molar-refractivity contribution is -0.386.